The van der Waals surface area contributed by atoms with Gasteiger partial charge in [0.2, 0.25) is 0 Å². The Labute approximate surface area is 101 Å². The molecule has 0 aliphatic heterocycles. The Hall–Kier alpha value is -1.42. The summed E-state index contributed by atoms with van der Waals surface area (Å²) in [7, 11) is 2.89. The number of rotatable bonds is 5. The molecule has 0 aromatic heterocycles. The molecule has 0 aliphatic rings. The van der Waals surface area contributed by atoms with Gasteiger partial charge >= 0.3 is 0 Å². The highest BCUT2D eigenvalue weighted by Gasteiger charge is 2.33. The Kier molecular flexibility index (Phi) is 4.23. The summed E-state index contributed by atoms with van der Waals surface area (Å²) in [6.07, 6.45) is 0.480. The number of halogens is 1. The average molecular weight is 240 g/mol. The standard InChI is InChI=1S/C13H17FO3/c1-5-13(2,17-4)12(15)10-7-6-9(16-3)8-11(10)14/h6-8H,5H2,1-4H3. The molecule has 0 heterocycles. The van der Waals surface area contributed by atoms with Crippen molar-refractivity contribution in [3.05, 3.63) is 29.6 Å². The Morgan fingerprint density at radius 2 is 2.06 bits per heavy atom. The van der Waals surface area contributed by atoms with Crippen molar-refractivity contribution in [3.63, 3.8) is 0 Å². The molecule has 4 heteroatoms. The summed E-state index contributed by atoms with van der Waals surface area (Å²) < 4.78 is 23.8. The van der Waals surface area contributed by atoms with E-state index in [1.165, 1.54) is 26.4 Å². The van der Waals surface area contributed by atoms with Gasteiger partial charge in [-0.1, -0.05) is 6.92 Å². The number of benzene rings is 1. The molecule has 3 nitrogen and oxygen atoms in total. The molecule has 1 atom stereocenters. The van der Waals surface area contributed by atoms with Crippen LogP contribution < -0.4 is 4.74 Å². The lowest BCUT2D eigenvalue weighted by molar-refractivity contribution is 0.0103. The number of carbonyl (C=O) groups excluding carboxylic acids is 1. The fourth-order valence-corrected chi connectivity index (χ4v) is 1.49. The third kappa shape index (κ3) is 2.64. The first kappa shape index (κ1) is 13.6. The number of carbonyl (C=O) groups is 1. The topological polar surface area (TPSA) is 35.5 Å². The summed E-state index contributed by atoms with van der Waals surface area (Å²) in [5, 5.41) is 0. The normalized spacial score (nSPS) is 14.2. The van der Waals surface area contributed by atoms with Crippen molar-refractivity contribution in [2.24, 2.45) is 0 Å². The SMILES string of the molecule is CCC(C)(OC)C(=O)c1ccc(OC)cc1F. The van der Waals surface area contributed by atoms with Crippen molar-refractivity contribution in [1.29, 1.82) is 0 Å². The molecule has 1 aromatic rings. The van der Waals surface area contributed by atoms with Gasteiger partial charge in [-0.25, -0.2) is 4.39 Å². The number of ether oxygens (including phenoxy) is 2. The summed E-state index contributed by atoms with van der Waals surface area (Å²) in [4.78, 5) is 12.1. The Balaban J connectivity index is 3.13. The summed E-state index contributed by atoms with van der Waals surface area (Å²) in [5.41, 5.74) is -0.966. The smallest absolute Gasteiger partial charge is 0.197 e. The van der Waals surface area contributed by atoms with E-state index >= 15 is 0 Å². The summed E-state index contributed by atoms with van der Waals surface area (Å²) in [6, 6.07) is 4.17. The van der Waals surface area contributed by atoms with Crippen LogP contribution in [-0.2, 0) is 4.74 Å². The second-order valence-corrected chi connectivity index (χ2v) is 3.96. The first-order chi connectivity index (χ1) is 7.98. The zero-order valence-corrected chi connectivity index (χ0v) is 10.5. The van der Waals surface area contributed by atoms with E-state index in [-0.39, 0.29) is 11.3 Å². The Morgan fingerprint density at radius 1 is 1.41 bits per heavy atom. The third-order valence-electron chi connectivity index (χ3n) is 3.03. The second kappa shape index (κ2) is 5.27. The number of Topliss-reactive ketones (excluding diaryl/α,β-unsaturated/α-hetero) is 1. The molecule has 0 fully saturated rings. The van der Waals surface area contributed by atoms with Gasteiger partial charge in [0.25, 0.3) is 0 Å². The van der Waals surface area contributed by atoms with Crippen LogP contribution in [0.4, 0.5) is 4.39 Å². The first-order valence-electron chi connectivity index (χ1n) is 5.42. The minimum atomic E-state index is -0.991. The van der Waals surface area contributed by atoms with Gasteiger partial charge in [0.15, 0.2) is 5.78 Å². The molecule has 0 N–H and O–H groups in total. The first-order valence-corrected chi connectivity index (χ1v) is 5.42. The van der Waals surface area contributed by atoms with E-state index in [2.05, 4.69) is 0 Å². The summed E-state index contributed by atoms with van der Waals surface area (Å²) in [5.74, 6) is -0.566. The molecule has 0 radical (unpaired) electrons. The molecule has 0 bridgehead atoms. The van der Waals surface area contributed by atoms with E-state index < -0.39 is 11.4 Å². The fraction of sp³-hybridized carbons (Fsp3) is 0.462. The van der Waals surface area contributed by atoms with Gasteiger partial charge in [-0.3, -0.25) is 4.79 Å². The third-order valence-corrected chi connectivity index (χ3v) is 3.03. The van der Waals surface area contributed by atoms with Crippen molar-refractivity contribution in [3.8, 4) is 5.75 Å². The maximum absolute atomic E-state index is 13.7. The molecular weight excluding hydrogens is 223 g/mol. The Morgan fingerprint density at radius 3 is 2.47 bits per heavy atom. The van der Waals surface area contributed by atoms with Gasteiger partial charge in [-0.15, -0.1) is 0 Å². The quantitative estimate of drug-likeness (QED) is 0.742. The molecule has 0 saturated carbocycles. The van der Waals surface area contributed by atoms with Crippen LogP contribution in [0.5, 0.6) is 5.75 Å². The highest BCUT2D eigenvalue weighted by molar-refractivity contribution is 6.02. The van der Waals surface area contributed by atoms with Crippen molar-refractivity contribution in [2.45, 2.75) is 25.9 Å². The van der Waals surface area contributed by atoms with E-state index in [9.17, 15) is 9.18 Å². The van der Waals surface area contributed by atoms with Gasteiger partial charge in [0.1, 0.15) is 17.2 Å². The number of methoxy groups -OCH3 is 2. The van der Waals surface area contributed by atoms with E-state index in [4.69, 9.17) is 9.47 Å². The largest absolute Gasteiger partial charge is 0.497 e. The van der Waals surface area contributed by atoms with E-state index in [1.807, 2.05) is 6.92 Å². The van der Waals surface area contributed by atoms with E-state index in [1.54, 1.807) is 13.0 Å². The van der Waals surface area contributed by atoms with Gasteiger partial charge in [-0.05, 0) is 25.5 Å². The number of hydrogen-bond acceptors (Lipinski definition) is 3. The zero-order valence-electron chi connectivity index (χ0n) is 10.5. The molecule has 94 valence electrons. The van der Waals surface area contributed by atoms with Crippen LogP contribution in [0.3, 0.4) is 0 Å². The lowest BCUT2D eigenvalue weighted by Gasteiger charge is -2.25. The molecular formula is C13H17FO3. The predicted molar refractivity (Wildman–Crippen MR) is 63.0 cm³/mol. The molecule has 0 amide bonds. The minimum Gasteiger partial charge on any atom is -0.497 e. The number of ketones is 1. The van der Waals surface area contributed by atoms with Crippen molar-refractivity contribution in [2.75, 3.05) is 14.2 Å². The minimum absolute atomic E-state index is 0.0250. The van der Waals surface area contributed by atoms with Gasteiger partial charge in [0, 0.05) is 13.2 Å². The molecule has 1 rings (SSSR count). The van der Waals surface area contributed by atoms with E-state index in [0.717, 1.165) is 0 Å². The predicted octanol–water partition coefficient (Wildman–Crippen LogP) is 2.83. The maximum Gasteiger partial charge on any atom is 0.197 e. The summed E-state index contributed by atoms with van der Waals surface area (Å²) >= 11 is 0. The average Bonchev–Trinajstić information content (AvgIpc) is 2.36. The molecule has 0 aliphatic carbocycles. The molecule has 1 aromatic carbocycles. The second-order valence-electron chi connectivity index (χ2n) is 3.96. The van der Waals surface area contributed by atoms with E-state index in [0.29, 0.717) is 12.2 Å². The molecule has 17 heavy (non-hydrogen) atoms. The van der Waals surface area contributed by atoms with Crippen molar-refractivity contribution >= 4 is 5.78 Å². The zero-order chi connectivity index (χ0) is 13.1. The monoisotopic (exact) mass is 240 g/mol. The van der Waals surface area contributed by atoms with Crippen molar-refractivity contribution in [1.82, 2.24) is 0 Å². The van der Waals surface area contributed by atoms with Crippen LogP contribution in [0.1, 0.15) is 30.6 Å². The maximum atomic E-state index is 13.7. The molecule has 0 saturated heterocycles. The Bertz CT molecular complexity index is 411. The van der Waals surface area contributed by atoms with Gasteiger partial charge in [-0.2, -0.15) is 0 Å². The van der Waals surface area contributed by atoms with Crippen LogP contribution in [0.15, 0.2) is 18.2 Å². The highest BCUT2D eigenvalue weighted by atomic mass is 19.1. The lowest BCUT2D eigenvalue weighted by Crippen LogP contribution is -2.37. The number of hydrogen-bond donors (Lipinski definition) is 0. The lowest BCUT2D eigenvalue weighted by atomic mass is 9.92. The van der Waals surface area contributed by atoms with Crippen LogP contribution in [0.2, 0.25) is 0 Å². The van der Waals surface area contributed by atoms with Crippen LogP contribution >= 0.6 is 0 Å². The van der Waals surface area contributed by atoms with Crippen LogP contribution in [0, 0.1) is 5.82 Å². The molecule has 0 spiro atoms. The van der Waals surface area contributed by atoms with Gasteiger partial charge < -0.3 is 9.47 Å². The van der Waals surface area contributed by atoms with Crippen LogP contribution in [-0.4, -0.2) is 25.6 Å². The van der Waals surface area contributed by atoms with Crippen molar-refractivity contribution < 1.29 is 18.7 Å². The van der Waals surface area contributed by atoms with Gasteiger partial charge in [0.05, 0.1) is 12.7 Å². The van der Waals surface area contributed by atoms with Crippen LogP contribution in [0.25, 0.3) is 0 Å². The molecule has 1 unspecified atom stereocenters. The highest BCUT2D eigenvalue weighted by Crippen LogP contribution is 2.24. The fourth-order valence-electron chi connectivity index (χ4n) is 1.49. The summed E-state index contributed by atoms with van der Waals surface area (Å²) in [6.45, 7) is 3.47.